The van der Waals surface area contributed by atoms with E-state index in [1.54, 1.807) is 56.7 Å². The molecule has 0 unspecified atom stereocenters. The summed E-state index contributed by atoms with van der Waals surface area (Å²) < 4.78 is 18.8. The van der Waals surface area contributed by atoms with E-state index in [2.05, 4.69) is 25.6 Å². The van der Waals surface area contributed by atoms with Gasteiger partial charge >= 0.3 is 0 Å². The first kappa shape index (κ1) is 19.6. The lowest BCUT2D eigenvalue weighted by Crippen LogP contribution is -2.12. The SMILES string of the molecule is Cc1c(-c2ccnc3cc(C(=O)Nc4cnn(Cc5ccccc5F)c4)nn23)cnn1C. The van der Waals surface area contributed by atoms with Crippen molar-refractivity contribution in [2.24, 2.45) is 7.05 Å². The van der Waals surface area contributed by atoms with Crippen LogP contribution in [0.15, 0.2) is 61.2 Å². The van der Waals surface area contributed by atoms with Crippen LogP contribution in [0.1, 0.15) is 21.7 Å². The fourth-order valence-electron chi connectivity index (χ4n) is 3.47. The molecule has 4 heterocycles. The number of hydrogen-bond acceptors (Lipinski definition) is 5. The quantitative estimate of drug-likeness (QED) is 0.462. The third-order valence-electron chi connectivity index (χ3n) is 5.28. The number of benzene rings is 1. The molecule has 0 spiro atoms. The predicted octanol–water partition coefficient (Wildman–Crippen LogP) is 3.07. The molecule has 32 heavy (non-hydrogen) atoms. The summed E-state index contributed by atoms with van der Waals surface area (Å²) in [5.74, 6) is -0.694. The van der Waals surface area contributed by atoms with Crippen molar-refractivity contribution in [1.29, 1.82) is 0 Å². The molecule has 1 N–H and O–H groups in total. The molecule has 9 nitrogen and oxygen atoms in total. The zero-order valence-corrected chi connectivity index (χ0v) is 17.4. The lowest BCUT2D eigenvalue weighted by Gasteiger charge is -2.04. The molecule has 160 valence electrons. The van der Waals surface area contributed by atoms with E-state index in [0.717, 1.165) is 17.0 Å². The second-order valence-corrected chi connectivity index (χ2v) is 7.37. The van der Waals surface area contributed by atoms with Crippen molar-refractivity contribution in [3.8, 4) is 11.3 Å². The summed E-state index contributed by atoms with van der Waals surface area (Å²) in [7, 11) is 1.87. The van der Waals surface area contributed by atoms with Crippen molar-refractivity contribution in [2.75, 3.05) is 5.32 Å². The molecule has 5 rings (SSSR count). The molecule has 0 aliphatic rings. The fourth-order valence-corrected chi connectivity index (χ4v) is 3.47. The van der Waals surface area contributed by atoms with Crippen LogP contribution in [0.5, 0.6) is 0 Å². The van der Waals surface area contributed by atoms with Crippen LogP contribution < -0.4 is 5.32 Å². The van der Waals surface area contributed by atoms with Crippen molar-refractivity contribution in [1.82, 2.24) is 34.2 Å². The third-order valence-corrected chi connectivity index (χ3v) is 5.28. The van der Waals surface area contributed by atoms with E-state index in [4.69, 9.17) is 0 Å². The Morgan fingerprint density at radius 3 is 2.78 bits per heavy atom. The Bertz CT molecular complexity index is 1450. The van der Waals surface area contributed by atoms with Crippen LogP contribution in [0.25, 0.3) is 16.9 Å². The van der Waals surface area contributed by atoms with Gasteiger partial charge in [-0.25, -0.2) is 13.9 Å². The van der Waals surface area contributed by atoms with Gasteiger partial charge in [0.25, 0.3) is 5.91 Å². The maximum Gasteiger partial charge on any atom is 0.276 e. The largest absolute Gasteiger partial charge is 0.318 e. The summed E-state index contributed by atoms with van der Waals surface area (Å²) in [6, 6.07) is 9.95. The molecule has 0 radical (unpaired) electrons. The summed E-state index contributed by atoms with van der Waals surface area (Å²) >= 11 is 0. The molecule has 0 atom stereocenters. The molecule has 0 aliphatic carbocycles. The van der Waals surface area contributed by atoms with Gasteiger partial charge in [-0.3, -0.25) is 14.2 Å². The number of halogens is 1. The van der Waals surface area contributed by atoms with Crippen LogP contribution in [0.3, 0.4) is 0 Å². The van der Waals surface area contributed by atoms with E-state index >= 15 is 0 Å². The first-order valence-electron chi connectivity index (χ1n) is 9.90. The number of fused-ring (bicyclic) bond motifs is 1. The van der Waals surface area contributed by atoms with Gasteiger partial charge in [0, 0.05) is 42.3 Å². The fraction of sp³-hybridized carbons (Fsp3) is 0.136. The number of nitrogens with zero attached hydrogens (tertiary/aromatic N) is 7. The first-order valence-corrected chi connectivity index (χ1v) is 9.90. The monoisotopic (exact) mass is 430 g/mol. The summed E-state index contributed by atoms with van der Waals surface area (Å²) in [5.41, 5.74) is 4.43. The van der Waals surface area contributed by atoms with Crippen molar-refractivity contribution >= 4 is 17.2 Å². The van der Waals surface area contributed by atoms with Crippen LogP contribution in [0.4, 0.5) is 10.1 Å². The Balaban J connectivity index is 1.38. The van der Waals surface area contributed by atoms with Crippen LogP contribution in [-0.4, -0.2) is 40.1 Å². The highest BCUT2D eigenvalue weighted by Crippen LogP contribution is 2.23. The van der Waals surface area contributed by atoms with E-state index in [1.165, 1.54) is 12.3 Å². The standard InChI is InChI=1S/C22H19FN8O/c1-14-17(11-25-29(14)2)20-7-8-24-21-9-19(28-31(20)21)22(32)27-16-10-26-30(13-16)12-15-5-3-4-6-18(15)23/h3-11,13H,12H2,1-2H3,(H,27,32). The highest BCUT2D eigenvalue weighted by atomic mass is 19.1. The topological polar surface area (TPSA) is 94.9 Å². The van der Waals surface area contributed by atoms with Gasteiger partial charge in [0.15, 0.2) is 11.3 Å². The third kappa shape index (κ3) is 3.51. The van der Waals surface area contributed by atoms with Crippen molar-refractivity contribution in [2.45, 2.75) is 13.5 Å². The summed E-state index contributed by atoms with van der Waals surface area (Å²) in [4.78, 5) is 17.1. The van der Waals surface area contributed by atoms with E-state index < -0.39 is 5.91 Å². The van der Waals surface area contributed by atoms with Crippen molar-refractivity contribution in [3.05, 3.63) is 84.0 Å². The molecule has 1 aromatic carbocycles. The molecule has 0 aliphatic heterocycles. The highest BCUT2D eigenvalue weighted by molar-refractivity contribution is 6.03. The Labute approximate surface area is 182 Å². The summed E-state index contributed by atoms with van der Waals surface area (Å²) in [6.07, 6.45) is 6.59. The van der Waals surface area contributed by atoms with Crippen molar-refractivity contribution in [3.63, 3.8) is 0 Å². The van der Waals surface area contributed by atoms with E-state index in [9.17, 15) is 9.18 Å². The van der Waals surface area contributed by atoms with Gasteiger partial charge in [-0.15, -0.1) is 0 Å². The number of hydrogen-bond donors (Lipinski definition) is 1. The van der Waals surface area contributed by atoms with Gasteiger partial charge in [-0.2, -0.15) is 15.3 Å². The predicted molar refractivity (Wildman–Crippen MR) is 116 cm³/mol. The van der Waals surface area contributed by atoms with Gasteiger partial charge < -0.3 is 5.32 Å². The molecule has 5 aromatic rings. The van der Waals surface area contributed by atoms with Gasteiger partial charge in [0.1, 0.15) is 5.82 Å². The van der Waals surface area contributed by atoms with Gasteiger partial charge in [0.05, 0.1) is 30.3 Å². The average Bonchev–Trinajstić information content (AvgIpc) is 3.49. The van der Waals surface area contributed by atoms with Gasteiger partial charge in [-0.05, 0) is 19.1 Å². The second kappa shape index (κ2) is 7.73. The number of rotatable bonds is 5. The molecule has 0 bridgehead atoms. The number of anilines is 1. The molecule has 0 saturated heterocycles. The Hall–Kier alpha value is -4.34. The zero-order valence-electron chi connectivity index (χ0n) is 17.4. The van der Waals surface area contributed by atoms with Crippen LogP contribution in [0, 0.1) is 12.7 Å². The minimum absolute atomic E-state index is 0.216. The maximum atomic E-state index is 13.9. The molecule has 1 amide bonds. The number of aromatic nitrogens is 7. The molecule has 10 heteroatoms. The first-order chi connectivity index (χ1) is 15.5. The smallest absolute Gasteiger partial charge is 0.276 e. The zero-order chi connectivity index (χ0) is 22.2. The van der Waals surface area contributed by atoms with Gasteiger partial charge in [-0.1, -0.05) is 18.2 Å². The molecule has 0 fully saturated rings. The van der Waals surface area contributed by atoms with E-state index in [-0.39, 0.29) is 18.1 Å². The molecular formula is C22H19FN8O. The number of aryl methyl sites for hydroxylation is 1. The lowest BCUT2D eigenvalue weighted by atomic mass is 10.2. The van der Waals surface area contributed by atoms with Crippen LogP contribution in [0.2, 0.25) is 0 Å². The highest BCUT2D eigenvalue weighted by Gasteiger charge is 2.17. The molecular weight excluding hydrogens is 411 g/mol. The lowest BCUT2D eigenvalue weighted by molar-refractivity contribution is 0.102. The van der Waals surface area contributed by atoms with E-state index in [0.29, 0.717) is 16.9 Å². The average molecular weight is 430 g/mol. The number of amides is 1. The van der Waals surface area contributed by atoms with Crippen molar-refractivity contribution < 1.29 is 9.18 Å². The second-order valence-electron chi connectivity index (χ2n) is 7.37. The number of carbonyl (C=O) groups excluding carboxylic acids is 1. The van der Waals surface area contributed by atoms with Crippen LogP contribution in [-0.2, 0) is 13.6 Å². The van der Waals surface area contributed by atoms with Gasteiger partial charge in [0.2, 0.25) is 0 Å². The Morgan fingerprint density at radius 2 is 2.00 bits per heavy atom. The summed E-state index contributed by atoms with van der Waals surface area (Å²) in [5, 5.41) is 15.7. The minimum atomic E-state index is -0.394. The number of nitrogens with one attached hydrogen (secondary N) is 1. The summed E-state index contributed by atoms with van der Waals surface area (Å²) in [6.45, 7) is 2.22. The maximum absolute atomic E-state index is 13.9. The Morgan fingerprint density at radius 1 is 1.16 bits per heavy atom. The van der Waals surface area contributed by atoms with E-state index in [1.807, 2.05) is 20.0 Å². The normalized spacial score (nSPS) is 11.2. The minimum Gasteiger partial charge on any atom is -0.318 e. The Kier molecular flexibility index (Phi) is 4.74. The molecule has 4 aromatic heterocycles. The molecule has 0 saturated carbocycles. The van der Waals surface area contributed by atoms with Crippen LogP contribution >= 0.6 is 0 Å². The number of carbonyl (C=O) groups is 1.